The number of nitrogens with one attached hydrogen (secondary N) is 2. The van der Waals surface area contributed by atoms with Crippen LogP contribution in [0, 0.1) is 13.8 Å². The Morgan fingerprint density at radius 2 is 1.86 bits per heavy atom. The quantitative estimate of drug-likeness (QED) is 0.810. The fraction of sp³-hybridized carbons (Fsp3) is 0.200. The minimum atomic E-state index is -0.991. The molecule has 0 saturated heterocycles. The fourth-order valence-corrected chi connectivity index (χ4v) is 2.77. The van der Waals surface area contributed by atoms with Crippen molar-refractivity contribution in [2.24, 2.45) is 0 Å². The second-order valence-electron chi connectivity index (χ2n) is 4.64. The highest BCUT2D eigenvalue weighted by Crippen LogP contribution is 2.20. The van der Waals surface area contributed by atoms with Crippen molar-refractivity contribution in [3.05, 3.63) is 51.2 Å². The Bertz CT molecular complexity index is 643. The van der Waals surface area contributed by atoms with Crippen molar-refractivity contribution in [2.75, 3.05) is 5.32 Å². The molecule has 0 aliphatic carbocycles. The van der Waals surface area contributed by atoms with Crippen molar-refractivity contribution >= 4 is 29.0 Å². The second kappa shape index (κ2) is 6.41. The normalized spacial score (nSPS) is 10.2. The van der Waals surface area contributed by atoms with Crippen molar-refractivity contribution in [1.82, 2.24) is 5.32 Å². The van der Waals surface area contributed by atoms with Crippen LogP contribution in [0.25, 0.3) is 0 Å². The molecule has 6 heteroatoms. The molecule has 0 aliphatic heterocycles. The van der Waals surface area contributed by atoms with Crippen LogP contribution in [0.5, 0.6) is 0 Å². The number of aryl methyl sites for hydroxylation is 2. The van der Waals surface area contributed by atoms with Crippen LogP contribution in [0.4, 0.5) is 10.5 Å². The van der Waals surface area contributed by atoms with Gasteiger partial charge in [-0.1, -0.05) is 0 Å². The van der Waals surface area contributed by atoms with Crippen LogP contribution in [-0.4, -0.2) is 17.1 Å². The first-order valence-electron chi connectivity index (χ1n) is 6.40. The van der Waals surface area contributed by atoms with Crippen LogP contribution >= 0.6 is 11.3 Å². The second-order valence-corrected chi connectivity index (χ2v) is 5.98. The highest BCUT2D eigenvalue weighted by Gasteiger charge is 2.06. The number of carboxylic acid groups (broad SMARTS) is 1. The summed E-state index contributed by atoms with van der Waals surface area (Å²) in [5.41, 5.74) is 1.96. The number of urea groups is 1. The smallest absolute Gasteiger partial charge is 0.335 e. The third-order valence-electron chi connectivity index (χ3n) is 3.03. The summed E-state index contributed by atoms with van der Waals surface area (Å²) >= 11 is 1.66. The number of carbonyl (C=O) groups is 2. The monoisotopic (exact) mass is 304 g/mol. The summed E-state index contributed by atoms with van der Waals surface area (Å²) in [6.45, 7) is 4.56. The first-order chi connectivity index (χ1) is 9.95. The van der Waals surface area contributed by atoms with E-state index in [-0.39, 0.29) is 11.6 Å². The lowest BCUT2D eigenvalue weighted by Crippen LogP contribution is -2.27. The van der Waals surface area contributed by atoms with Crippen LogP contribution in [0.15, 0.2) is 30.3 Å². The summed E-state index contributed by atoms with van der Waals surface area (Å²) < 4.78 is 0. The van der Waals surface area contributed by atoms with Crippen molar-refractivity contribution in [2.45, 2.75) is 20.4 Å². The van der Waals surface area contributed by atoms with Gasteiger partial charge in [-0.3, -0.25) is 0 Å². The topological polar surface area (TPSA) is 78.4 Å². The lowest BCUT2D eigenvalue weighted by molar-refractivity contribution is 0.0697. The summed E-state index contributed by atoms with van der Waals surface area (Å²) in [6, 6.07) is 7.75. The highest BCUT2D eigenvalue weighted by atomic mass is 32.1. The molecule has 2 amide bonds. The van der Waals surface area contributed by atoms with E-state index < -0.39 is 5.97 Å². The van der Waals surface area contributed by atoms with Gasteiger partial charge < -0.3 is 15.7 Å². The molecule has 3 N–H and O–H groups in total. The number of hydrogen-bond acceptors (Lipinski definition) is 3. The third kappa shape index (κ3) is 4.06. The molecule has 5 nitrogen and oxygen atoms in total. The van der Waals surface area contributed by atoms with Gasteiger partial charge in [-0.15, -0.1) is 11.3 Å². The number of carbonyl (C=O) groups excluding carboxylic acids is 1. The number of anilines is 1. The Balaban J connectivity index is 1.88. The van der Waals surface area contributed by atoms with E-state index in [0.717, 1.165) is 4.88 Å². The van der Waals surface area contributed by atoms with Gasteiger partial charge >= 0.3 is 12.0 Å². The molecular weight excluding hydrogens is 288 g/mol. The number of thiophene rings is 1. The largest absolute Gasteiger partial charge is 0.478 e. The van der Waals surface area contributed by atoms with Crippen LogP contribution in [0.1, 0.15) is 25.7 Å². The first-order valence-corrected chi connectivity index (χ1v) is 7.21. The van der Waals surface area contributed by atoms with E-state index in [2.05, 4.69) is 16.7 Å². The molecule has 110 valence electrons. The zero-order valence-electron chi connectivity index (χ0n) is 11.8. The zero-order chi connectivity index (χ0) is 15.4. The number of benzene rings is 1. The number of carboxylic acids is 1. The van der Waals surface area contributed by atoms with E-state index in [9.17, 15) is 9.59 Å². The number of aromatic carboxylic acids is 1. The van der Waals surface area contributed by atoms with Crippen LogP contribution in [0.2, 0.25) is 0 Å². The summed E-state index contributed by atoms with van der Waals surface area (Å²) in [4.78, 5) is 24.8. The van der Waals surface area contributed by atoms with Crippen LogP contribution in [-0.2, 0) is 6.54 Å². The molecule has 0 fully saturated rings. The van der Waals surface area contributed by atoms with E-state index in [1.165, 1.54) is 22.6 Å². The Kier molecular flexibility index (Phi) is 4.59. The van der Waals surface area contributed by atoms with Gasteiger partial charge in [0.15, 0.2) is 0 Å². The minimum Gasteiger partial charge on any atom is -0.478 e. The molecule has 0 saturated carbocycles. The van der Waals surface area contributed by atoms with Crippen molar-refractivity contribution in [3.8, 4) is 0 Å². The van der Waals surface area contributed by atoms with E-state index in [4.69, 9.17) is 5.11 Å². The molecule has 0 bridgehead atoms. The maximum atomic E-state index is 11.8. The molecule has 2 rings (SSSR count). The Labute approximate surface area is 126 Å². The standard InChI is InChI=1S/C15H16N2O3S/c1-9-7-13(21-10(9)2)8-16-15(20)17-12-5-3-11(4-6-12)14(18)19/h3-7H,8H2,1-2H3,(H,18,19)(H2,16,17,20). The number of amides is 2. The van der Waals surface area contributed by atoms with Crippen molar-refractivity contribution in [3.63, 3.8) is 0 Å². The molecule has 1 aromatic heterocycles. The summed E-state index contributed by atoms with van der Waals surface area (Å²) in [5, 5.41) is 14.2. The molecule has 0 unspecified atom stereocenters. The molecule has 1 aromatic carbocycles. The van der Waals surface area contributed by atoms with Gasteiger partial charge in [0.1, 0.15) is 0 Å². The van der Waals surface area contributed by atoms with Gasteiger partial charge in [0, 0.05) is 15.4 Å². The van der Waals surface area contributed by atoms with Gasteiger partial charge in [-0.2, -0.15) is 0 Å². The fourth-order valence-electron chi connectivity index (χ4n) is 1.78. The molecule has 21 heavy (non-hydrogen) atoms. The van der Waals surface area contributed by atoms with Crippen LogP contribution < -0.4 is 10.6 Å². The molecule has 0 radical (unpaired) electrons. The van der Waals surface area contributed by atoms with E-state index in [1.807, 2.05) is 13.8 Å². The van der Waals surface area contributed by atoms with Gasteiger partial charge in [-0.25, -0.2) is 9.59 Å². The Morgan fingerprint density at radius 3 is 2.38 bits per heavy atom. The summed E-state index contributed by atoms with van der Waals surface area (Å²) in [6.07, 6.45) is 0. The Hall–Kier alpha value is -2.34. The number of rotatable bonds is 4. The number of hydrogen-bond donors (Lipinski definition) is 3. The van der Waals surface area contributed by atoms with E-state index >= 15 is 0 Å². The Morgan fingerprint density at radius 1 is 1.19 bits per heavy atom. The predicted octanol–water partition coefficient (Wildman–Crippen LogP) is 3.38. The molecule has 0 aliphatic rings. The maximum absolute atomic E-state index is 11.8. The first kappa shape index (κ1) is 15.1. The van der Waals surface area contributed by atoms with Gasteiger partial charge in [0.25, 0.3) is 0 Å². The lowest BCUT2D eigenvalue weighted by atomic mass is 10.2. The average Bonchev–Trinajstić information content (AvgIpc) is 2.76. The molecule has 0 atom stereocenters. The van der Waals surface area contributed by atoms with Crippen LogP contribution in [0.3, 0.4) is 0 Å². The third-order valence-corrected chi connectivity index (χ3v) is 4.18. The zero-order valence-corrected chi connectivity index (χ0v) is 12.6. The SMILES string of the molecule is Cc1cc(CNC(=O)Nc2ccc(C(=O)O)cc2)sc1C. The summed E-state index contributed by atoms with van der Waals surface area (Å²) in [5.74, 6) is -0.991. The molecular formula is C15H16N2O3S. The van der Waals surface area contributed by atoms with Crippen molar-refractivity contribution in [1.29, 1.82) is 0 Å². The minimum absolute atomic E-state index is 0.186. The van der Waals surface area contributed by atoms with Gasteiger partial charge in [0.2, 0.25) is 0 Å². The van der Waals surface area contributed by atoms with Crippen molar-refractivity contribution < 1.29 is 14.7 Å². The highest BCUT2D eigenvalue weighted by molar-refractivity contribution is 7.12. The average molecular weight is 304 g/mol. The lowest BCUT2D eigenvalue weighted by Gasteiger charge is -2.06. The van der Waals surface area contributed by atoms with Gasteiger partial charge in [-0.05, 0) is 49.7 Å². The van der Waals surface area contributed by atoms with E-state index in [0.29, 0.717) is 12.2 Å². The predicted molar refractivity (Wildman–Crippen MR) is 83.1 cm³/mol. The van der Waals surface area contributed by atoms with Gasteiger partial charge in [0.05, 0.1) is 12.1 Å². The summed E-state index contributed by atoms with van der Waals surface area (Å²) in [7, 11) is 0. The van der Waals surface area contributed by atoms with E-state index in [1.54, 1.807) is 23.5 Å². The molecule has 2 aromatic rings. The maximum Gasteiger partial charge on any atom is 0.335 e. The molecule has 1 heterocycles. The molecule has 0 spiro atoms.